The van der Waals surface area contributed by atoms with Crippen molar-refractivity contribution in [3.63, 3.8) is 0 Å². The van der Waals surface area contributed by atoms with E-state index in [2.05, 4.69) is 23.9 Å². The quantitative estimate of drug-likeness (QED) is 0.794. The van der Waals surface area contributed by atoms with Gasteiger partial charge in [-0.05, 0) is 31.0 Å². The van der Waals surface area contributed by atoms with Crippen molar-refractivity contribution in [2.24, 2.45) is 5.73 Å². The summed E-state index contributed by atoms with van der Waals surface area (Å²) < 4.78 is 1.96. The molecule has 21 heavy (non-hydrogen) atoms. The molecule has 0 aliphatic carbocycles. The first-order valence-electron chi connectivity index (χ1n) is 7.40. The first-order valence-corrected chi connectivity index (χ1v) is 7.40. The molecule has 0 atom stereocenters. The number of hydrogen-bond donors (Lipinski definition) is 1. The predicted molar refractivity (Wildman–Crippen MR) is 82.0 cm³/mol. The lowest BCUT2D eigenvalue weighted by atomic mass is 10.1. The summed E-state index contributed by atoms with van der Waals surface area (Å²) in [5.74, 6) is 0.0434. The molecule has 0 unspecified atom stereocenters. The summed E-state index contributed by atoms with van der Waals surface area (Å²) in [6.07, 6.45) is 5.96. The lowest BCUT2D eigenvalue weighted by Gasteiger charge is -2.12. The van der Waals surface area contributed by atoms with E-state index >= 15 is 0 Å². The Morgan fingerprint density at radius 2 is 2.05 bits per heavy atom. The van der Waals surface area contributed by atoms with Gasteiger partial charge in [0.15, 0.2) is 5.78 Å². The Bertz CT molecular complexity index is 602. The van der Waals surface area contributed by atoms with Crippen LogP contribution in [-0.2, 0) is 13.0 Å². The molecule has 5 heteroatoms. The van der Waals surface area contributed by atoms with E-state index in [0.717, 1.165) is 24.2 Å². The van der Waals surface area contributed by atoms with E-state index in [0.29, 0.717) is 24.6 Å². The summed E-state index contributed by atoms with van der Waals surface area (Å²) in [5.41, 5.74) is 7.72. The van der Waals surface area contributed by atoms with Crippen LogP contribution in [0.4, 0.5) is 0 Å². The van der Waals surface area contributed by atoms with E-state index in [4.69, 9.17) is 5.73 Å². The van der Waals surface area contributed by atoms with Gasteiger partial charge in [0, 0.05) is 24.5 Å². The van der Waals surface area contributed by atoms with Gasteiger partial charge in [0.05, 0.1) is 23.9 Å². The molecule has 0 bridgehead atoms. The first-order chi connectivity index (χ1) is 10.2. The highest BCUT2D eigenvalue weighted by Crippen LogP contribution is 2.15. The second-order valence-corrected chi connectivity index (χ2v) is 5.10. The highest BCUT2D eigenvalue weighted by Gasteiger charge is 2.12. The molecule has 2 aromatic rings. The summed E-state index contributed by atoms with van der Waals surface area (Å²) in [5, 5.41) is 4.52. The second kappa shape index (κ2) is 7.13. The maximum absolute atomic E-state index is 12.3. The number of ketones is 1. The van der Waals surface area contributed by atoms with Crippen molar-refractivity contribution < 1.29 is 4.79 Å². The van der Waals surface area contributed by atoms with Crippen molar-refractivity contribution in [1.82, 2.24) is 14.8 Å². The van der Waals surface area contributed by atoms with Crippen LogP contribution in [0, 0.1) is 0 Å². The monoisotopic (exact) mass is 286 g/mol. The number of nitrogens with zero attached hydrogens (tertiary/aromatic N) is 3. The van der Waals surface area contributed by atoms with Crippen LogP contribution in [0.25, 0.3) is 0 Å². The maximum Gasteiger partial charge on any atom is 0.169 e. The molecular weight excluding hydrogens is 264 g/mol. The highest BCUT2D eigenvalue weighted by atomic mass is 16.1. The molecule has 0 saturated heterocycles. The predicted octanol–water partition coefficient (Wildman–Crippen LogP) is 2.52. The number of nitrogens with two attached hydrogens (primary N) is 1. The lowest BCUT2D eigenvalue weighted by Crippen LogP contribution is -2.10. The maximum atomic E-state index is 12.3. The fourth-order valence-corrected chi connectivity index (χ4v) is 2.37. The molecule has 0 amide bonds. The summed E-state index contributed by atoms with van der Waals surface area (Å²) >= 11 is 0. The van der Waals surface area contributed by atoms with Crippen LogP contribution in [0.1, 0.15) is 54.5 Å². The van der Waals surface area contributed by atoms with Crippen LogP contribution >= 0.6 is 0 Å². The Morgan fingerprint density at radius 3 is 2.71 bits per heavy atom. The largest absolute Gasteiger partial charge is 0.325 e. The third-order valence-corrected chi connectivity index (χ3v) is 3.67. The van der Waals surface area contributed by atoms with Gasteiger partial charge in [-0.3, -0.25) is 14.5 Å². The van der Waals surface area contributed by atoms with E-state index < -0.39 is 0 Å². The molecule has 5 nitrogen and oxygen atoms in total. The topological polar surface area (TPSA) is 73.8 Å². The Hall–Kier alpha value is -2.01. The van der Waals surface area contributed by atoms with Crippen LogP contribution in [0.15, 0.2) is 30.6 Å². The standard InChI is InChI=1S/C16H22N4O/c1-3-15(4-2)20-8-6-13(19-20)10-16(21)12-5-7-18-14(9-12)11-17/h5-9,15H,3-4,10-11,17H2,1-2H3. The van der Waals surface area contributed by atoms with Gasteiger partial charge in [0.25, 0.3) is 0 Å². The van der Waals surface area contributed by atoms with E-state index in [1.165, 1.54) is 0 Å². The number of carbonyl (C=O) groups excluding carboxylic acids is 1. The molecular formula is C16H22N4O. The molecule has 0 saturated carbocycles. The zero-order chi connectivity index (χ0) is 15.2. The SMILES string of the molecule is CCC(CC)n1ccc(CC(=O)c2ccnc(CN)c2)n1. The number of carbonyl (C=O) groups is 1. The number of hydrogen-bond acceptors (Lipinski definition) is 4. The van der Waals surface area contributed by atoms with Gasteiger partial charge in [-0.25, -0.2) is 0 Å². The fourth-order valence-electron chi connectivity index (χ4n) is 2.37. The van der Waals surface area contributed by atoms with E-state index in [1.54, 1.807) is 18.3 Å². The van der Waals surface area contributed by atoms with Gasteiger partial charge >= 0.3 is 0 Å². The van der Waals surface area contributed by atoms with Crippen LogP contribution in [0.5, 0.6) is 0 Å². The number of rotatable bonds is 7. The fraction of sp³-hybridized carbons (Fsp3) is 0.438. The summed E-state index contributed by atoms with van der Waals surface area (Å²) in [4.78, 5) is 16.4. The minimum absolute atomic E-state index is 0.0434. The summed E-state index contributed by atoms with van der Waals surface area (Å²) in [6, 6.07) is 5.79. The Balaban J connectivity index is 2.09. The molecule has 2 rings (SSSR count). The van der Waals surface area contributed by atoms with Gasteiger partial charge in [-0.15, -0.1) is 0 Å². The van der Waals surface area contributed by atoms with Crippen molar-refractivity contribution in [3.8, 4) is 0 Å². The highest BCUT2D eigenvalue weighted by molar-refractivity contribution is 5.97. The van der Waals surface area contributed by atoms with Gasteiger partial charge in [0.1, 0.15) is 0 Å². The third-order valence-electron chi connectivity index (χ3n) is 3.67. The molecule has 0 spiro atoms. The minimum atomic E-state index is 0.0434. The van der Waals surface area contributed by atoms with Crippen molar-refractivity contribution in [1.29, 1.82) is 0 Å². The lowest BCUT2D eigenvalue weighted by molar-refractivity contribution is 0.0991. The zero-order valence-electron chi connectivity index (χ0n) is 12.6. The van der Waals surface area contributed by atoms with Gasteiger partial charge < -0.3 is 5.73 Å². The van der Waals surface area contributed by atoms with E-state index in [-0.39, 0.29) is 5.78 Å². The smallest absolute Gasteiger partial charge is 0.169 e. The number of pyridine rings is 1. The molecule has 2 heterocycles. The van der Waals surface area contributed by atoms with Crippen molar-refractivity contribution in [3.05, 3.63) is 47.5 Å². The van der Waals surface area contributed by atoms with E-state index in [1.807, 2.05) is 16.9 Å². The van der Waals surface area contributed by atoms with Gasteiger partial charge in [0.2, 0.25) is 0 Å². The van der Waals surface area contributed by atoms with Crippen LogP contribution in [0.2, 0.25) is 0 Å². The van der Waals surface area contributed by atoms with Crippen molar-refractivity contribution in [2.45, 2.75) is 45.7 Å². The molecule has 0 radical (unpaired) electrons. The minimum Gasteiger partial charge on any atom is -0.325 e. The Kier molecular flexibility index (Phi) is 5.22. The average Bonchev–Trinajstić information content (AvgIpc) is 2.97. The second-order valence-electron chi connectivity index (χ2n) is 5.10. The van der Waals surface area contributed by atoms with Gasteiger partial charge in [-0.1, -0.05) is 13.8 Å². The molecule has 2 aromatic heterocycles. The Morgan fingerprint density at radius 1 is 1.29 bits per heavy atom. The normalized spacial score (nSPS) is 11.0. The molecule has 0 aliphatic heterocycles. The number of Topliss-reactive ketones (excluding diaryl/α,β-unsaturated/α-hetero) is 1. The van der Waals surface area contributed by atoms with Crippen LogP contribution in [0.3, 0.4) is 0 Å². The van der Waals surface area contributed by atoms with Crippen LogP contribution in [-0.4, -0.2) is 20.5 Å². The van der Waals surface area contributed by atoms with Crippen LogP contribution < -0.4 is 5.73 Å². The number of aromatic nitrogens is 3. The zero-order valence-corrected chi connectivity index (χ0v) is 12.6. The first kappa shape index (κ1) is 15.4. The van der Waals surface area contributed by atoms with E-state index in [9.17, 15) is 4.79 Å². The van der Waals surface area contributed by atoms with Gasteiger partial charge in [-0.2, -0.15) is 5.10 Å². The average molecular weight is 286 g/mol. The summed E-state index contributed by atoms with van der Waals surface area (Å²) in [7, 11) is 0. The Labute approximate surface area is 125 Å². The molecule has 2 N–H and O–H groups in total. The molecule has 0 fully saturated rings. The van der Waals surface area contributed by atoms with Crippen molar-refractivity contribution in [2.75, 3.05) is 0 Å². The van der Waals surface area contributed by atoms with Crippen molar-refractivity contribution >= 4 is 5.78 Å². The molecule has 0 aliphatic rings. The molecule has 0 aromatic carbocycles. The summed E-state index contributed by atoms with van der Waals surface area (Å²) in [6.45, 7) is 4.63. The molecule has 112 valence electrons. The third kappa shape index (κ3) is 3.76.